The van der Waals surface area contributed by atoms with Gasteiger partial charge in [-0.2, -0.15) is 0 Å². The second-order valence-electron chi connectivity index (χ2n) is 5.92. The molecule has 1 fully saturated rings. The van der Waals surface area contributed by atoms with E-state index in [1.165, 1.54) is 5.56 Å². The Hall–Kier alpha value is -0.770. The van der Waals surface area contributed by atoms with Crippen molar-refractivity contribution in [1.82, 2.24) is 4.90 Å². The van der Waals surface area contributed by atoms with Crippen LogP contribution in [-0.4, -0.2) is 29.9 Å². The Balaban J connectivity index is 0.00000220. The third kappa shape index (κ3) is 4.60. The van der Waals surface area contributed by atoms with Gasteiger partial charge in [-0.05, 0) is 42.4 Å². The summed E-state index contributed by atoms with van der Waals surface area (Å²) in [7, 11) is 0. The maximum atomic E-state index is 12.2. The number of rotatable bonds is 3. The van der Waals surface area contributed by atoms with Crippen LogP contribution >= 0.6 is 24.0 Å². The molecule has 2 rings (SSSR count). The molecule has 0 bridgehead atoms. The molecule has 1 aliphatic heterocycles. The Morgan fingerprint density at radius 2 is 1.76 bits per heavy atom. The van der Waals surface area contributed by atoms with Crippen molar-refractivity contribution in [2.75, 3.05) is 13.1 Å². The third-order valence-electron chi connectivity index (χ3n) is 4.15. The summed E-state index contributed by atoms with van der Waals surface area (Å²) in [5, 5.41) is 0.768. The summed E-state index contributed by atoms with van der Waals surface area (Å²) >= 11 is 5.91. The molecule has 1 aliphatic rings. The molecule has 0 aliphatic carbocycles. The third-order valence-corrected chi connectivity index (χ3v) is 4.40. The molecular formula is C16H24Cl2N2O. The van der Waals surface area contributed by atoms with Crippen LogP contribution in [0.15, 0.2) is 24.3 Å². The van der Waals surface area contributed by atoms with E-state index in [2.05, 4.69) is 12.1 Å². The number of likely N-dealkylation sites (tertiary alicyclic amines) is 1. The molecule has 1 unspecified atom stereocenters. The fourth-order valence-corrected chi connectivity index (χ4v) is 2.79. The summed E-state index contributed by atoms with van der Waals surface area (Å²) in [6.45, 7) is 5.57. The topological polar surface area (TPSA) is 46.3 Å². The molecule has 0 saturated carbocycles. The zero-order chi connectivity index (χ0) is 14.7. The van der Waals surface area contributed by atoms with Crippen molar-refractivity contribution >= 4 is 29.9 Å². The summed E-state index contributed by atoms with van der Waals surface area (Å²) in [4.78, 5) is 14.1. The molecular weight excluding hydrogens is 307 g/mol. The lowest BCUT2D eigenvalue weighted by Crippen LogP contribution is -2.49. The van der Waals surface area contributed by atoms with Crippen molar-refractivity contribution in [3.8, 4) is 0 Å². The standard InChI is InChI=1S/C16H23ClN2O.ClH/c1-11(2)15(18)16(20)19-9-7-13(8-10-19)12-3-5-14(17)6-4-12;/h3-6,11,13,15H,7-10,18H2,1-2H3;1H. The zero-order valence-electron chi connectivity index (χ0n) is 12.6. The van der Waals surface area contributed by atoms with Gasteiger partial charge in [0.25, 0.3) is 0 Å². The number of hydrogen-bond acceptors (Lipinski definition) is 2. The van der Waals surface area contributed by atoms with Crippen LogP contribution in [0, 0.1) is 5.92 Å². The first-order valence-electron chi connectivity index (χ1n) is 7.29. The molecule has 2 N–H and O–H groups in total. The number of piperidine rings is 1. The number of benzene rings is 1. The quantitative estimate of drug-likeness (QED) is 0.922. The lowest BCUT2D eigenvalue weighted by atomic mass is 9.89. The predicted octanol–water partition coefficient (Wildman–Crippen LogP) is 3.45. The Kier molecular flexibility index (Phi) is 6.98. The number of carbonyl (C=O) groups excluding carboxylic acids is 1. The predicted molar refractivity (Wildman–Crippen MR) is 90.1 cm³/mol. The lowest BCUT2D eigenvalue weighted by Gasteiger charge is -2.34. The SMILES string of the molecule is CC(C)C(N)C(=O)N1CCC(c2ccc(Cl)cc2)CC1.Cl. The highest BCUT2D eigenvalue weighted by molar-refractivity contribution is 6.30. The van der Waals surface area contributed by atoms with E-state index in [9.17, 15) is 4.79 Å². The van der Waals surface area contributed by atoms with E-state index in [0.717, 1.165) is 31.0 Å². The Morgan fingerprint density at radius 1 is 1.24 bits per heavy atom. The van der Waals surface area contributed by atoms with E-state index < -0.39 is 0 Å². The van der Waals surface area contributed by atoms with Crippen molar-refractivity contribution in [3.63, 3.8) is 0 Å². The first-order valence-corrected chi connectivity index (χ1v) is 7.66. The smallest absolute Gasteiger partial charge is 0.239 e. The monoisotopic (exact) mass is 330 g/mol. The summed E-state index contributed by atoms with van der Waals surface area (Å²) in [5.41, 5.74) is 7.26. The largest absolute Gasteiger partial charge is 0.341 e. The van der Waals surface area contributed by atoms with E-state index in [4.69, 9.17) is 17.3 Å². The Bertz CT molecular complexity index is 454. The van der Waals surface area contributed by atoms with Crippen molar-refractivity contribution in [2.24, 2.45) is 11.7 Å². The van der Waals surface area contributed by atoms with Crippen molar-refractivity contribution in [3.05, 3.63) is 34.9 Å². The number of halogens is 2. The van der Waals surface area contributed by atoms with Gasteiger partial charge in [-0.25, -0.2) is 0 Å². The Morgan fingerprint density at radius 3 is 2.24 bits per heavy atom. The Labute approximate surface area is 138 Å². The fraction of sp³-hybridized carbons (Fsp3) is 0.562. The van der Waals surface area contributed by atoms with Gasteiger partial charge in [0.1, 0.15) is 0 Å². The highest BCUT2D eigenvalue weighted by atomic mass is 35.5. The van der Waals surface area contributed by atoms with Crippen LogP contribution < -0.4 is 5.73 Å². The molecule has 1 aromatic carbocycles. The average Bonchev–Trinajstić information content (AvgIpc) is 2.46. The first-order chi connectivity index (χ1) is 9.49. The molecule has 1 atom stereocenters. The number of nitrogens with zero attached hydrogens (tertiary/aromatic N) is 1. The average molecular weight is 331 g/mol. The molecule has 118 valence electrons. The molecule has 3 nitrogen and oxygen atoms in total. The van der Waals surface area contributed by atoms with Crippen LogP contribution in [0.5, 0.6) is 0 Å². The molecule has 0 radical (unpaired) electrons. The molecule has 1 amide bonds. The van der Waals surface area contributed by atoms with Gasteiger partial charge in [0, 0.05) is 18.1 Å². The van der Waals surface area contributed by atoms with E-state index in [0.29, 0.717) is 5.92 Å². The highest BCUT2D eigenvalue weighted by Gasteiger charge is 2.28. The van der Waals surface area contributed by atoms with Crippen LogP contribution in [0.1, 0.15) is 38.2 Å². The molecule has 0 spiro atoms. The summed E-state index contributed by atoms with van der Waals surface area (Å²) in [6.07, 6.45) is 2.00. The van der Waals surface area contributed by atoms with E-state index in [1.807, 2.05) is 30.9 Å². The number of carbonyl (C=O) groups is 1. The number of nitrogens with two attached hydrogens (primary N) is 1. The van der Waals surface area contributed by atoms with Crippen molar-refractivity contribution in [2.45, 2.75) is 38.6 Å². The highest BCUT2D eigenvalue weighted by Crippen LogP contribution is 2.29. The normalized spacial score (nSPS) is 17.5. The second-order valence-corrected chi connectivity index (χ2v) is 6.36. The lowest BCUT2D eigenvalue weighted by molar-refractivity contribution is -0.134. The zero-order valence-corrected chi connectivity index (χ0v) is 14.2. The molecule has 0 aromatic heterocycles. The van der Waals surface area contributed by atoms with Crippen molar-refractivity contribution < 1.29 is 4.79 Å². The van der Waals surface area contributed by atoms with Gasteiger partial charge in [0.2, 0.25) is 5.91 Å². The minimum atomic E-state index is -0.373. The summed E-state index contributed by atoms with van der Waals surface area (Å²) in [6, 6.07) is 7.67. The van der Waals surface area contributed by atoms with Gasteiger partial charge in [-0.15, -0.1) is 12.4 Å². The van der Waals surface area contributed by atoms with Crippen LogP contribution in [0.4, 0.5) is 0 Å². The van der Waals surface area contributed by atoms with Gasteiger partial charge in [0.05, 0.1) is 6.04 Å². The maximum Gasteiger partial charge on any atom is 0.239 e. The van der Waals surface area contributed by atoms with Crippen molar-refractivity contribution in [1.29, 1.82) is 0 Å². The number of hydrogen-bond donors (Lipinski definition) is 1. The minimum absolute atomic E-state index is 0. The molecule has 1 aromatic rings. The van der Waals surface area contributed by atoms with E-state index >= 15 is 0 Å². The van der Waals surface area contributed by atoms with E-state index in [-0.39, 0.29) is 30.3 Å². The van der Waals surface area contributed by atoms with Gasteiger partial charge in [-0.3, -0.25) is 4.79 Å². The van der Waals surface area contributed by atoms with Crippen LogP contribution in [0.2, 0.25) is 5.02 Å². The van der Waals surface area contributed by atoms with Gasteiger partial charge < -0.3 is 10.6 Å². The van der Waals surface area contributed by atoms with Crippen LogP contribution in [-0.2, 0) is 4.79 Å². The summed E-state index contributed by atoms with van der Waals surface area (Å²) in [5.74, 6) is 0.803. The minimum Gasteiger partial charge on any atom is -0.341 e. The fourth-order valence-electron chi connectivity index (χ4n) is 2.66. The molecule has 5 heteroatoms. The van der Waals surface area contributed by atoms with E-state index in [1.54, 1.807) is 0 Å². The maximum absolute atomic E-state index is 12.2. The first kappa shape index (κ1) is 18.3. The second kappa shape index (κ2) is 8.02. The van der Waals surface area contributed by atoms with Gasteiger partial charge >= 0.3 is 0 Å². The van der Waals surface area contributed by atoms with Gasteiger partial charge in [0.15, 0.2) is 0 Å². The number of amides is 1. The molecule has 21 heavy (non-hydrogen) atoms. The summed E-state index contributed by atoms with van der Waals surface area (Å²) < 4.78 is 0. The van der Waals surface area contributed by atoms with Crippen LogP contribution in [0.25, 0.3) is 0 Å². The van der Waals surface area contributed by atoms with Gasteiger partial charge in [-0.1, -0.05) is 37.6 Å². The van der Waals surface area contributed by atoms with Crippen LogP contribution in [0.3, 0.4) is 0 Å². The molecule has 1 saturated heterocycles. The molecule has 1 heterocycles.